The van der Waals surface area contributed by atoms with Crippen LogP contribution in [0.15, 0.2) is 36.4 Å². The van der Waals surface area contributed by atoms with E-state index in [1.165, 1.54) is 49.8 Å². The molecule has 1 aliphatic rings. The summed E-state index contributed by atoms with van der Waals surface area (Å²) in [6.07, 6.45) is 11.6. The number of hydrogen-bond donors (Lipinski definition) is 0. The Balaban J connectivity index is 1.67. The van der Waals surface area contributed by atoms with Crippen molar-refractivity contribution in [3.63, 3.8) is 0 Å². The summed E-state index contributed by atoms with van der Waals surface area (Å²) in [5.74, 6) is 5.62. The Morgan fingerprint density at radius 1 is 0.833 bits per heavy atom. The van der Waals surface area contributed by atoms with Crippen molar-refractivity contribution in [1.29, 1.82) is 0 Å². The van der Waals surface area contributed by atoms with Crippen molar-refractivity contribution in [1.82, 2.24) is 0 Å². The standard InChI is InChI=1S/C28H34F2/c1-3-5-6-8-22-9-11-23(12-10-22)15-18-26-27(29)19-25(20-28(26)30)24-16-13-21(7-4-2)14-17-24/h9-12,19-21,24H,3-8,13-14,16-17H2,1-2H3. The maximum absolute atomic E-state index is 14.7. The van der Waals surface area contributed by atoms with Gasteiger partial charge in [-0.3, -0.25) is 0 Å². The largest absolute Gasteiger partial charge is 0.206 e. The molecule has 2 heteroatoms. The Bertz CT molecular complexity index is 839. The predicted octanol–water partition coefficient (Wildman–Crippen LogP) is 8.17. The van der Waals surface area contributed by atoms with E-state index in [1.807, 2.05) is 12.1 Å². The topological polar surface area (TPSA) is 0 Å². The molecule has 0 saturated heterocycles. The Kier molecular flexibility index (Phi) is 8.50. The summed E-state index contributed by atoms with van der Waals surface area (Å²) in [5.41, 5.74) is 2.74. The highest BCUT2D eigenvalue weighted by molar-refractivity contribution is 5.46. The molecule has 0 heterocycles. The molecular weight excluding hydrogens is 374 g/mol. The van der Waals surface area contributed by atoms with Crippen molar-refractivity contribution < 1.29 is 8.78 Å². The zero-order valence-corrected chi connectivity index (χ0v) is 18.4. The van der Waals surface area contributed by atoms with Crippen LogP contribution in [-0.4, -0.2) is 0 Å². The van der Waals surface area contributed by atoms with E-state index in [0.29, 0.717) is 0 Å². The van der Waals surface area contributed by atoms with Gasteiger partial charge in [-0.1, -0.05) is 63.5 Å². The zero-order chi connectivity index (χ0) is 21.3. The van der Waals surface area contributed by atoms with Crippen LogP contribution in [0, 0.1) is 29.4 Å². The van der Waals surface area contributed by atoms with Gasteiger partial charge in [-0.15, -0.1) is 0 Å². The van der Waals surface area contributed by atoms with E-state index >= 15 is 0 Å². The summed E-state index contributed by atoms with van der Waals surface area (Å²) in [4.78, 5) is 0. The van der Waals surface area contributed by atoms with E-state index in [1.54, 1.807) is 0 Å². The van der Waals surface area contributed by atoms with Crippen molar-refractivity contribution in [2.75, 3.05) is 0 Å². The second kappa shape index (κ2) is 11.3. The molecule has 0 nitrogen and oxygen atoms in total. The smallest absolute Gasteiger partial charge is 0.142 e. The quantitative estimate of drug-likeness (QED) is 0.320. The lowest BCUT2D eigenvalue weighted by atomic mass is 9.77. The Hall–Kier alpha value is -2.14. The van der Waals surface area contributed by atoms with E-state index in [-0.39, 0.29) is 11.5 Å². The fraction of sp³-hybridized carbons (Fsp3) is 0.500. The third-order valence-electron chi connectivity index (χ3n) is 6.43. The summed E-state index contributed by atoms with van der Waals surface area (Å²) in [6.45, 7) is 4.42. The molecule has 0 bridgehead atoms. The fourth-order valence-corrected chi connectivity index (χ4v) is 4.61. The molecule has 1 fully saturated rings. The minimum absolute atomic E-state index is 0.120. The van der Waals surface area contributed by atoms with E-state index in [0.717, 1.165) is 49.1 Å². The van der Waals surface area contributed by atoms with Gasteiger partial charge in [0.15, 0.2) is 0 Å². The first-order chi connectivity index (χ1) is 14.6. The maximum Gasteiger partial charge on any atom is 0.142 e. The van der Waals surface area contributed by atoms with Crippen LogP contribution in [0.4, 0.5) is 8.78 Å². The van der Waals surface area contributed by atoms with Crippen LogP contribution in [0.1, 0.15) is 99.8 Å². The molecule has 3 rings (SSSR count). The molecule has 0 aromatic heterocycles. The molecule has 160 valence electrons. The predicted molar refractivity (Wildman–Crippen MR) is 122 cm³/mol. The lowest BCUT2D eigenvalue weighted by Gasteiger charge is -2.28. The van der Waals surface area contributed by atoms with Crippen LogP contribution in [0.25, 0.3) is 0 Å². The van der Waals surface area contributed by atoms with Gasteiger partial charge >= 0.3 is 0 Å². The molecule has 2 aromatic rings. The SMILES string of the molecule is CCCCCc1ccc(C#Cc2c(F)cc(C3CCC(CCC)CC3)cc2F)cc1. The van der Waals surface area contributed by atoms with Crippen LogP contribution in [-0.2, 0) is 6.42 Å². The molecule has 1 saturated carbocycles. The van der Waals surface area contributed by atoms with Gasteiger partial charge in [0.2, 0.25) is 0 Å². The third kappa shape index (κ3) is 6.18. The average Bonchev–Trinajstić information content (AvgIpc) is 2.75. The van der Waals surface area contributed by atoms with Gasteiger partial charge in [0.05, 0.1) is 5.56 Å². The van der Waals surface area contributed by atoms with Gasteiger partial charge in [0.1, 0.15) is 11.6 Å². The third-order valence-corrected chi connectivity index (χ3v) is 6.43. The highest BCUT2D eigenvalue weighted by atomic mass is 19.1. The zero-order valence-electron chi connectivity index (χ0n) is 18.4. The molecule has 0 amide bonds. The summed E-state index contributed by atoms with van der Waals surface area (Å²) < 4.78 is 29.3. The first-order valence-electron chi connectivity index (χ1n) is 11.7. The van der Waals surface area contributed by atoms with E-state index in [9.17, 15) is 8.78 Å². The van der Waals surface area contributed by atoms with E-state index in [4.69, 9.17) is 0 Å². The van der Waals surface area contributed by atoms with Gasteiger partial charge in [-0.05, 0) is 85.8 Å². The molecule has 0 spiro atoms. The molecule has 30 heavy (non-hydrogen) atoms. The highest BCUT2D eigenvalue weighted by Gasteiger charge is 2.23. The summed E-state index contributed by atoms with van der Waals surface area (Å²) in [7, 11) is 0. The lowest BCUT2D eigenvalue weighted by Crippen LogP contribution is -2.13. The molecule has 0 aliphatic heterocycles. The van der Waals surface area contributed by atoms with Crippen molar-refractivity contribution >= 4 is 0 Å². The maximum atomic E-state index is 14.7. The van der Waals surface area contributed by atoms with Crippen LogP contribution in [0.2, 0.25) is 0 Å². The molecule has 1 aliphatic carbocycles. The van der Waals surface area contributed by atoms with E-state index in [2.05, 4.69) is 37.8 Å². The van der Waals surface area contributed by atoms with Gasteiger partial charge in [0.25, 0.3) is 0 Å². The monoisotopic (exact) mass is 408 g/mol. The number of halogens is 2. The summed E-state index contributed by atoms with van der Waals surface area (Å²) in [5, 5.41) is 0. The number of benzene rings is 2. The molecule has 0 radical (unpaired) electrons. The normalized spacial score (nSPS) is 18.7. The Morgan fingerprint density at radius 3 is 2.10 bits per heavy atom. The van der Waals surface area contributed by atoms with Gasteiger partial charge in [-0.25, -0.2) is 8.78 Å². The van der Waals surface area contributed by atoms with Crippen molar-refractivity contribution in [2.45, 2.75) is 84.0 Å². The van der Waals surface area contributed by atoms with Crippen molar-refractivity contribution in [3.05, 3.63) is 70.3 Å². The number of aryl methyl sites for hydroxylation is 1. The first kappa shape index (κ1) is 22.5. The molecule has 0 N–H and O–H groups in total. The Morgan fingerprint density at radius 2 is 1.50 bits per heavy atom. The fourth-order valence-electron chi connectivity index (χ4n) is 4.61. The second-order valence-electron chi connectivity index (χ2n) is 8.77. The average molecular weight is 409 g/mol. The minimum atomic E-state index is -0.538. The van der Waals surface area contributed by atoms with Gasteiger partial charge in [-0.2, -0.15) is 0 Å². The minimum Gasteiger partial charge on any atom is -0.206 e. The first-order valence-corrected chi connectivity index (χ1v) is 11.7. The summed E-state index contributed by atoms with van der Waals surface area (Å²) in [6, 6.07) is 11.0. The van der Waals surface area contributed by atoms with Gasteiger partial charge < -0.3 is 0 Å². The lowest BCUT2D eigenvalue weighted by molar-refractivity contribution is 0.307. The molecule has 0 atom stereocenters. The van der Waals surface area contributed by atoms with Gasteiger partial charge in [0, 0.05) is 5.56 Å². The molecular formula is C28H34F2. The second-order valence-corrected chi connectivity index (χ2v) is 8.77. The van der Waals surface area contributed by atoms with Crippen molar-refractivity contribution in [3.8, 4) is 11.8 Å². The number of unbranched alkanes of at least 4 members (excludes halogenated alkanes) is 2. The molecule has 2 aromatic carbocycles. The number of rotatable bonds is 7. The highest BCUT2D eigenvalue weighted by Crippen LogP contribution is 2.38. The van der Waals surface area contributed by atoms with Crippen LogP contribution >= 0.6 is 0 Å². The summed E-state index contributed by atoms with van der Waals surface area (Å²) >= 11 is 0. The van der Waals surface area contributed by atoms with Crippen molar-refractivity contribution in [2.24, 2.45) is 5.92 Å². The Labute approximate surface area is 181 Å². The van der Waals surface area contributed by atoms with Crippen LogP contribution in [0.5, 0.6) is 0 Å². The molecule has 0 unspecified atom stereocenters. The van der Waals surface area contributed by atoms with E-state index < -0.39 is 11.6 Å². The van der Waals surface area contributed by atoms with Crippen LogP contribution < -0.4 is 0 Å². The number of hydrogen-bond acceptors (Lipinski definition) is 0. The van der Waals surface area contributed by atoms with Crippen LogP contribution in [0.3, 0.4) is 0 Å².